The second-order valence-corrected chi connectivity index (χ2v) is 5.80. The summed E-state index contributed by atoms with van der Waals surface area (Å²) in [6.07, 6.45) is 1.75. The van der Waals surface area contributed by atoms with Crippen molar-refractivity contribution in [2.45, 2.75) is 70.7 Å². The van der Waals surface area contributed by atoms with Crippen LogP contribution < -0.4 is 0 Å². The molecule has 0 amide bonds. The zero-order valence-corrected chi connectivity index (χ0v) is 15.3. The molecule has 1 aliphatic rings. The van der Waals surface area contributed by atoms with Crippen LogP contribution in [0, 0.1) is 5.92 Å². The number of piperidine rings is 1. The molecule has 4 atom stereocenters. The van der Waals surface area contributed by atoms with Gasteiger partial charge in [-0.05, 0) is 26.7 Å². The van der Waals surface area contributed by atoms with Crippen LogP contribution in [0.1, 0.15) is 53.9 Å². The third kappa shape index (κ3) is 2.70. The molecule has 2 radical (unpaired) electrons. The van der Waals surface area contributed by atoms with Gasteiger partial charge in [0.2, 0.25) is 0 Å². The van der Waals surface area contributed by atoms with E-state index in [0.29, 0.717) is 19.3 Å². The third-order valence-electron chi connectivity index (χ3n) is 5.03. The van der Waals surface area contributed by atoms with Crippen LogP contribution >= 0.6 is 0 Å². The summed E-state index contributed by atoms with van der Waals surface area (Å²) >= 11 is 0. The van der Waals surface area contributed by atoms with E-state index in [4.69, 9.17) is 4.74 Å². The van der Waals surface area contributed by atoms with E-state index in [1.165, 1.54) is 12.2 Å². The molecular formula is C13H26NO3Y. The van der Waals surface area contributed by atoms with Crippen molar-refractivity contribution >= 4 is 0 Å². The molecule has 1 N–H and O–H groups in total. The van der Waals surface area contributed by atoms with E-state index in [0.717, 1.165) is 0 Å². The van der Waals surface area contributed by atoms with Gasteiger partial charge < -0.3 is 9.84 Å². The molecule has 1 saturated heterocycles. The quantitative estimate of drug-likeness (QED) is 0.807. The van der Waals surface area contributed by atoms with Crippen LogP contribution in [0.25, 0.3) is 0 Å². The number of nitrogens with zero attached hydrogens (tertiary/aromatic N) is 1. The number of aliphatic hydroxyl groups is 1. The molecule has 18 heavy (non-hydrogen) atoms. The van der Waals surface area contributed by atoms with Crippen molar-refractivity contribution in [3.63, 3.8) is 0 Å². The summed E-state index contributed by atoms with van der Waals surface area (Å²) in [5.74, 6) is -1.43. The van der Waals surface area contributed by atoms with Crippen LogP contribution in [-0.4, -0.2) is 34.1 Å². The maximum Gasteiger partial charge on any atom is 0.171 e. The Morgan fingerprint density at radius 3 is 2.17 bits per heavy atom. The van der Waals surface area contributed by atoms with Gasteiger partial charge in [0.25, 0.3) is 0 Å². The van der Waals surface area contributed by atoms with Crippen LogP contribution in [0.15, 0.2) is 0 Å². The van der Waals surface area contributed by atoms with E-state index in [9.17, 15) is 10.3 Å². The van der Waals surface area contributed by atoms with Crippen LogP contribution in [0.4, 0.5) is 0 Å². The summed E-state index contributed by atoms with van der Waals surface area (Å²) in [7, 11) is 1.52. The molecule has 1 aliphatic heterocycles. The molecule has 0 aliphatic carbocycles. The van der Waals surface area contributed by atoms with E-state index >= 15 is 0 Å². The van der Waals surface area contributed by atoms with Crippen molar-refractivity contribution in [2.75, 3.05) is 7.11 Å². The van der Waals surface area contributed by atoms with Gasteiger partial charge >= 0.3 is 0 Å². The summed E-state index contributed by atoms with van der Waals surface area (Å²) < 4.78 is 5.32. The van der Waals surface area contributed by atoms with Gasteiger partial charge in [-0.25, -0.2) is 0 Å². The molecule has 1 fully saturated rings. The van der Waals surface area contributed by atoms with Gasteiger partial charge in [0.15, 0.2) is 5.79 Å². The summed E-state index contributed by atoms with van der Waals surface area (Å²) in [6, 6.07) is 0. The summed E-state index contributed by atoms with van der Waals surface area (Å²) in [5, 5.41) is 24.4. The van der Waals surface area contributed by atoms with Crippen LogP contribution in [0.2, 0.25) is 0 Å². The Bertz CT molecular complexity index is 267. The van der Waals surface area contributed by atoms with Gasteiger partial charge in [-0.3, -0.25) is 0 Å². The van der Waals surface area contributed by atoms with Crippen LogP contribution in [-0.2, 0) is 42.7 Å². The Morgan fingerprint density at radius 2 is 1.83 bits per heavy atom. The first-order chi connectivity index (χ1) is 7.70. The molecule has 5 heteroatoms. The smallest absolute Gasteiger partial charge is 0.171 e. The summed E-state index contributed by atoms with van der Waals surface area (Å²) in [4.78, 5) is 0. The molecule has 0 saturated carbocycles. The number of hydroxylamine groups is 2. The number of ether oxygens (including phenoxy) is 1. The SMILES string of the molecule is CCC1(C)CC(O)(OC)C(C)C(C)(CC)N1[O].[Y]. The molecule has 0 aromatic heterocycles. The molecular weight excluding hydrogens is 307 g/mol. The number of hydrogen-bond acceptors (Lipinski definition) is 3. The maximum absolute atomic E-state index is 12.6. The van der Waals surface area contributed by atoms with E-state index in [-0.39, 0.29) is 38.6 Å². The van der Waals surface area contributed by atoms with Crippen molar-refractivity contribution in [3.8, 4) is 0 Å². The van der Waals surface area contributed by atoms with Crippen molar-refractivity contribution < 1.29 is 47.8 Å². The number of methoxy groups -OCH3 is 1. The van der Waals surface area contributed by atoms with Crippen molar-refractivity contribution in [2.24, 2.45) is 5.92 Å². The normalized spacial score (nSPS) is 45.7. The summed E-state index contributed by atoms with van der Waals surface area (Å²) in [5.41, 5.74) is -1.16. The van der Waals surface area contributed by atoms with Gasteiger partial charge in [0.05, 0.1) is 11.1 Å². The zero-order chi connectivity index (χ0) is 13.5. The standard InChI is InChI=1S/C13H26NO3.Y/c1-7-11(4)9-13(15,17-6)10(3)12(5,8-2)14(11)16;/h10,15H,7-9H2,1-6H3;. The molecule has 4 unspecified atom stereocenters. The topological polar surface area (TPSA) is 52.6 Å². The molecule has 0 spiro atoms. The predicted octanol–water partition coefficient (Wildman–Crippen LogP) is 2.34. The van der Waals surface area contributed by atoms with Gasteiger partial charge in [-0.2, -0.15) is 0 Å². The maximum atomic E-state index is 12.6. The minimum absolute atomic E-state index is 0. The fourth-order valence-corrected chi connectivity index (χ4v) is 3.02. The number of rotatable bonds is 3. The van der Waals surface area contributed by atoms with Crippen molar-refractivity contribution in [1.82, 2.24) is 5.06 Å². The van der Waals surface area contributed by atoms with Crippen LogP contribution in [0.5, 0.6) is 0 Å². The first-order valence-corrected chi connectivity index (χ1v) is 6.45. The molecule has 4 nitrogen and oxygen atoms in total. The zero-order valence-electron chi connectivity index (χ0n) is 12.5. The average molecular weight is 333 g/mol. The van der Waals surface area contributed by atoms with Crippen molar-refractivity contribution in [3.05, 3.63) is 0 Å². The predicted molar refractivity (Wildman–Crippen MR) is 65.7 cm³/mol. The molecule has 104 valence electrons. The monoisotopic (exact) mass is 333 g/mol. The third-order valence-corrected chi connectivity index (χ3v) is 5.03. The van der Waals surface area contributed by atoms with Crippen molar-refractivity contribution in [1.29, 1.82) is 0 Å². The Labute approximate surface area is 136 Å². The van der Waals surface area contributed by atoms with Gasteiger partial charge in [0.1, 0.15) is 0 Å². The van der Waals surface area contributed by atoms with Gasteiger partial charge in [-0.15, -0.1) is 10.3 Å². The van der Waals surface area contributed by atoms with Gasteiger partial charge in [-0.1, -0.05) is 20.8 Å². The molecule has 0 bridgehead atoms. The molecule has 0 aromatic carbocycles. The Morgan fingerprint density at radius 1 is 1.33 bits per heavy atom. The first kappa shape index (κ1) is 18.9. The average Bonchev–Trinajstić information content (AvgIpc) is 2.34. The second-order valence-electron chi connectivity index (χ2n) is 5.80. The fraction of sp³-hybridized carbons (Fsp3) is 1.00. The minimum Gasteiger partial charge on any atom is -0.365 e. The largest absolute Gasteiger partial charge is 0.365 e. The van der Waals surface area contributed by atoms with E-state index in [2.05, 4.69) is 0 Å². The second kappa shape index (κ2) is 6.15. The Hall–Kier alpha value is 0.944. The van der Waals surface area contributed by atoms with E-state index < -0.39 is 16.9 Å². The minimum atomic E-state index is -1.21. The Balaban J connectivity index is 0.00000289. The van der Waals surface area contributed by atoms with E-state index in [1.807, 2.05) is 34.6 Å². The molecule has 1 rings (SSSR count). The fourth-order valence-electron chi connectivity index (χ4n) is 3.02. The number of hydrogen-bond donors (Lipinski definition) is 1. The van der Waals surface area contributed by atoms with Crippen LogP contribution in [0.3, 0.4) is 0 Å². The molecule has 1 heterocycles. The van der Waals surface area contributed by atoms with Gasteiger partial charge in [0, 0.05) is 52.2 Å². The molecule has 0 aromatic rings. The first-order valence-electron chi connectivity index (χ1n) is 6.45. The summed E-state index contributed by atoms with van der Waals surface area (Å²) in [6.45, 7) is 9.69. The van der Waals surface area contributed by atoms with E-state index in [1.54, 1.807) is 0 Å². The Kier molecular flexibility index (Phi) is 6.47.